The van der Waals surface area contributed by atoms with Gasteiger partial charge in [0.15, 0.2) is 0 Å². The zero-order valence-electron chi connectivity index (χ0n) is 6.46. The molecule has 0 fully saturated rings. The van der Waals surface area contributed by atoms with Crippen molar-refractivity contribution in [2.75, 3.05) is 6.54 Å². The molecule has 52 valence electrons. The van der Waals surface area contributed by atoms with Gasteiger partial charge in [-0.3, -0.25) is 0 Å². The summed E-state index contributed by atoms with van der Waals surface area (Å²) in [6.07, 6.45) is 8.17. The quantitative estimate of drug-likeness (QED) is 0.559. The first-order valence-corrected chi connectivity index (χ1v) is 3.36. The van der Waals surface area contributed by atoms with Crippen molar-refractivity contribution in [3.8, 4) is 0 Å². The maximum Gasteiger partial charge on any atom is 0.0190 e. The molecule has 0 saturated heterocycles. The van der Waals surface area contributed by atoms with Gasteiger partial charge in [0.2, 0.25) is 0 Å². The van der Waals surface area contributed by atoms with Gasteiger partial charge in [0, 0.05) is 6.54 Å². The summed E-state index contributed by atoms with van der Waals surface area (Å²) in [6, 6.07) is 0. The van der Waals surface area contributed by atoms with E-state index in [1.165, 1.54) is 0 Å². The Bertz CT molecular complexity index is 91.1. The van der Waals surface area contributed by atoms with Gasteiger partial charge in [-0.15, -0.1) is 0 Å². The Hall–Kier alpha value is -0.720. The second-order valence-electron chi connectivity index (χ2n) is 1.80. The van der Waals surface area contributed by atoms with Crippen LogP contribution in [0.3, 0.4) is 0 Å². The summed E-state index contributed by atoms with van der Waals surface area (Å²) >= 11 is 0. The number of hydrogen-bond donors (Lipinski definition) is 0. The van der Waals surface area contributed by atoms with Crippen molar-refractivity contribution in [3.05, 3.63) is 24.6 Å². The van der Waals surface area contributed by atoms with Gasteiger partial charge < -0.3 is 4.90 Å². The minimum Gasteiger partial charge on any atom is -0.355 e. The minimum absolute atomic E-state index is 1.04. The summed E-state index contributed by atoms with van der Waals surface area (Å²) in [5, 5.41) is 0. The molecule has 9 heavy (non-hydrogen) atoms. The fraction of sp³-hybridized carbons (Fsp3) is 0.500. The molecule has 0 unspecified atom stereocenters. The van der Waals surface area contributed by atoms with Crippen LogP contribution in [0.15, 0.2) is 24.6 Å². The van der Waals surface area contributed by atoms with Gasteiger partial charge in [-0.25, -0.2) is 0 Å². The molecule has 0 aliphatic rings. The van der Waals surface area contributed by atoms with Crippen LogP contribution in [0.1, 0.15) is 20.8 Å². The Morgan fingerprint density at radius 3 is 1.78 bits per heavy atom. The van der Waals surface area contributed by atoms with E-state index < -0.39 is 0 Å². The van der Waals surface area contributed by atoms with Crippen LogP contribution < -0.4 is 0 Å². The molecule has 0 aliphatic carbocycles. The van der Waals surface area contributed by atoms with Crippen LogP contribution in [0.5, 0.6) is 0 Å². The van der Waals surface area contributed by atoms with E-state index in [1.807, 2.05) is 26.0 Å². The van der Waals surface area contributed by atoms with Crippen molar-refractivity contribution in [2.45, 2.75) is 20.8 Å². The standard InChI is InChI=1S/C8H15N/c1-4-7-9(6-3)8-5-2/h4-5,7-8H,6H2,1-3H3. The van der Waals surface area contributed by atoms with Crippen molar-refractivity contribution in [3.63, 3.8) is 0 Å². The van der Waals surface area contributed by atoms with Crippen molar-refractivity contribution in [1.82, 2.24) is 4.90 Å². The summed E-state index contributed by atoms with van der Waals surface area (Å²) in [7, 11) is 0. The lowest BCUT2D eigenvalue weighted by Crippen LogP contribution is -2.06. The molecule has 0 N–H and O–H groups in total. The van der Waals surface area contributed by atoms with Crippen molar-refractivity contribution < 1.29 is 0 Å². The highest BCUT2D eigenvalue weighted by Crippen LogP contribution is 1.89. The Balaban J connectivity index is 3.68. The second-order valence-corrected chi connectivity index (χ2v) is 1.80. The van der Waals surface area contributed by atoms with Crippen LogP contribution in [0.25, 0.3) is 0 Å². The van der Waals surface area contributed by atoms with Gasteiger partial charge in [0.1, 0.15) is 0 Å². The van der Waals surface area contributed by atoms with Crippen LogP contribution in [-0.4, -0.2) is 11.4 Å². The monoisotopic (exact) mass is 125 g/mol. The van der Waals surface area contributed by atoms with E-state index in [0.717, 1.165) is 6.54 Å². The van der Waals surface area contributed by atoms with Gasteiger partial charge in [-0.05, 0) is 33.2 Å². The lowest BCUT2D eigenvalue weighted by Gasteiger charge is -2.10. The number of rotatable bonds is 3. The Kier molecular flexibility index (Phi) is 4.98. The summed E-state index contributed by atoms with van der Waals surface area (Å²) < 4.78 is 0. The second kappa shape index (κ2) is 5.42. The summed E-state index contributed by atoms with van der Waals surface area (Å²) in [5.41, 5.74) is 0. The van der Waals surface area contributed by atoms with E-state index in [-0.39, 0.29) is 0 Å². The van der Waals surface area contributed by atoms with Crippen LogP contribution in [-0.2, 0) is 0 Å². The lowest BCUT2D eigenvalue weighted by molar-refractivity contribution is 0.535. The topological polar surface area (TPSA) is 3.24 Å². The summed E-state index contributed by atoms with van der Waals surface area (Å²) in [4.78, 5) is 2.12. The molecule has 0 saturated carbocycles. The molecule has 0 aromatic heterocycles. The third-order valence-electron chi connectivity index (χ3n) is 1.05. The zero-order valence-corrected chi connectivity index (χ0v) is 6.46. The molecule has 0 aromatic carbocycles. The number of hydrogen-bond acceptors (Lipinski definition) is 1. The van der Waals surface area contributed by atoms with E-state index in [0.29, 0.717) is 0 Å². The Morgan fingerprint density at radius 2 is 1.56 bits per heavy atom. The van der Waals surface area contributed by atoms with E-state index in [4.69, 9.17) is 0 Å². The molecule has 1 heteroatoms. The van der Waals surface area contributed by atoms with Gasteiger partial charge in [-0.2, -0.15) is 0 Å². The lowest BCUT2D eigenvalue weighted by atomic mass is 10.5. The average molecular weight is 125 g/mol. The van der Waals surface area contributed by atoms with E-state index >= 15 is 0 Å². The smallest absolute Gasteiger partial charge is 0.0190 e. The van der Waals surface area contributed by atoms with Crippen molar-refractivity contribution >= 4 is 0 Å². The zero-order chi connectivity index (χ0) is 7.11. The van der Waals surface area contributed by atoms with Gasteiger partial charge >= 0.3 is 0 Å². The molecule has 0 aromatic rings. The van der Waals surface area contributed by atoms with Gasteiger partial charge in [-0.1, -0.05) is 12.2 Å². The average Bonchev–Trinajstić information content (AvgIpc) is 1.88. The van der Waals surface area contributed by atoms with Crippen LogP contribution in [0.2, 0.25) is 0 Å². The molecule has 0 radical (unpaired) electrons. The summed E-state index contributed by atoms with van der Waals surface area (Å²) in [6.45, 7) is 7.20. The highest BCUT2D eigenvalue weighted by molar-refractivity contribution is 4.87. The third kappa shape index (κ3) is 3.83. The molecular formula is C8H15N. The normalized spacial score (nSPS) is 11.4. The predicted molar refractivity (Wildman–Crippen MR) is 42.0 cm³/mol. The molecule has 0 atom stereocenters. The minimum atomic E-state index is 1.04. The molecule has 0 bridgehead atoms. The first kappa shape index (κ1) is 8.28. The highest BCUT2D eigenvalue weighted by atomic mass is 15.1. The molecule has 0 amide bonds. The highest BCUT2D eigenvalue weighted by Gasteiger charge is 1.82. The molecule has 0 heterocycles. The first-order valence-electron chi connectivity index (χ1n) is 3.36. The number of allylic oxidation sites excluding steroid dienone is 2. The molecular weight excluding hydrogens is 110 g/mol. The van der Waals surface area contributed by atoms with Gasteiger partial charge in [0.25, 0.3) is 0 Å². The largest absolute Gasteiger partial charge is 0.355 e. The molecule has 0 rings (SSSR count). The molecule has 0 spiro atoms. The van der Waals surface area contributed by atoms with Crippen LogP contribution in [0.4, 0.5) is 0 Å². The maximum atomic E-state index is 2.12. The van der Waals surface area contributed by atoms with Gasteiger partial charge in [0.05, 0.1) is 0 Å². The summed E-state index contributed by atoms with van der Waals surface area (Å²) in [5.74, 6) is 0. The Labute approximate surface area is 57.7 Å². The van der Waals surface area contributed by atoms with E-state index in [2.05, 4.69) is 24.2 Å². The van der Waals surface area contributed by atoms with E-state index in [9.17, 15) is 0 Å². The molecule has 0 aliphatic heterocycles. The van der Waals surface area contributed by atoms with E-state index in [1.54, 1.807) is 0 Å². The number of nitrogens with zero attached hydrogens (tertiary/aromatic N) is 1. The van der Waals surface area contributed by atoms with Crippen LogP contribution in [0, 0.1) is 0 Å². The Morgan fingerprint density at radius 1 is 1.11 bits per heavy atom. The molecule has 1 nitrogen and oxygen atoms in total. The van der Waals surface area contributed by atoms with Crippen molar-refractivity contribution in [2.24, 2.45) is 0 Å². The predicted octanol–water partition coefficient (Wildman–Crippen LogP) is 2.38. The maximum absolute atomic E-state index is 2.12. The SMILES string of the molecule is CC=CN(C=CC)CC. The van der Waals surface area contributed by atoms with Crippen LogP contribution >= 0.6 is 0 Å². The fourth-order valence-electron chi connectivity index (χ4n) is 0.643. The fourth-order valence-corrected chi connectivity index (χ4v) is 0.643. The first-order chi connectivity index (χ1) is 4.35. The van der Waals surface area contributed by atoms with Crippen molar-refractivity contribution in [1.29, 1.82) is 0 Å². The third-order valence-corrected chi connectivity index (χ3v) is 1.05.